The quantitative estimate of drug-likeness (QED) is 0.907. The molecule has 1 amide bonds. The fourth-order valence-corrected chi connectivity index (χ4v) is 2.40. The third kappa shape index (κ3) is 3.86. The highest BCUT2D eigenvalue weighted by molar-refractivity contribution is 7.15. The van der Waals surface area contributed by atoms with Gasteiger partial charge in [0.25, 0.3) is 0 Å². The number of nitrogens with one attached hydrogen (secondary N) is 2. The second kappa shape index (κ2) is 5.70. The van der Waals surface area contributed by atoms with E-state index in [1.807, 2.05) is 6.92 Å². The average molecular weight is 293 g/mol. The van der Waals surface area contributed by atoms with Crippen molar-refractivity contribution < 1.29 is 4.79 Å². The highest BCUT2D eigenvalue weighted by Gasteiger charge is 2.19. The summed E-state index contributed by atoms with van der Waals surface area (Å²) in [5.74, 6) is 0.751. The van der Waals surface area contributed by atoms with Crippen molar-refractivity contribution in [2.45, 2.75) is 46.0 Å². The summed E-state index contributed by atoms with van der Waals surface area (Å²) in [5, 5.41) is 12.3. The molecule has 20 heavy (non-hydrogen) atoms. The van der Waals surface area contributed by atoms with Crippen molar-refractivity contribution >= 4 is 22.4 Å². The van der Waals surface area contributed by atoms with Crippen molar-refractivity contribution in [2.75, 3.05) is 5.32 Å². The third-order valence-electron chi connectivity index (χ3n) is 2.66. The Balaban J connectivity index is 1.87. The van der Waals surface area contributed by atoms with E-state index in [9.17, 15) is 4.79 Å². The molecule has 0 saturated carbocycles. The number of aromatic nitrogens is 4. The first-order valence-corrected chi connectivity index (χ1v) is 7.30. The van der Waals surface area contributed by atoms with Gasteiger partial charge in [-0.1, -0.05) is 32.1 Å². The van der Waals surface area contributed by atoms with E-state index in [0.29, 0.717) is 18.0 Å². The van der Waals surface area contributed by atoms with Crippen LogP contribution in [0.2, 0.25) is 0 Å². The predicted octanol–water partition coefficient (Wildman–Crippen LogP) is 2.44. The molecule has 0 spiro atoms. The summed E-state index contributed by atoms with van der Waals surface area (Å²) >= 11 is 1.42. The first kappa shape index (κ1) is 14.6. The molecule has 2 rings (SSSR count). The Kier molecular flexibility index (Phi) is 4.17. The van der Waals surface area contributed by atoms with Crippen LogP contribution in [0.15, 0.2) is 6.20 Å². The first-order chi connectivity index (χ1) is 9.34. The Bertz CT molecular complexity index is 596. The number of hydrogen-bond donors (Lipinski definition) is 2. The zero-order valence-corrected chi connectivity index (χ0v) is 13.0. The number of anilines is 1. The number of carbonyl (C=O) groups is 1. The van der Waals surface area contributed by atoms with Gasteiger partial charge in [-0.15, -0.1) is 10.2 Å². The monoisotopic (exact) mass is 293 g/mol. The number of carbonyl (C=O) groups excluding carboxylic acids is 1. The van der Waals surface area contributed by atoms with E-state index in [1.54, 1.807) is 6.20 Å². The number of hydrogen-bond acceptors (Lipinski definition) is 5. The van der Waals surface area contributed by atoms with E-state index in [0.717, 1.165) is 16.5 Å². The van der Waals surface area contributed by atoms with Gasteiger partial charge in [0.05, 0.1) is 0 Å². The van der Waals surface area contributed by atoms with Crippen LogP contribution in [0.3, 0.4) is 0 Å². The average Bonchev–Trinajstić information content (AvgIpc) is 2.95. The maximum Gasteiger partial charge on any atom is 0.226 e. The molecule has 0 aliphatic carbocycles. The number of aryl methyl sites for hydroxylation is 2. The maximum atomic E-state index is 11.8. The van der Waals surface area contributed by atoms with Gasteiger partial charge in [-0.2, -0.15) is 0 Å². The molecule has 0 atom stereocenters. The van der Waals surface area contributed by atoms with Gasteiger partial charge in [-0.25, -0.2) is 4.98 Å². The second-order valence-corrected chi connectivity index (χ2v) is 6.70. The molecule has 0 bridgehead atoms. The number of amides is 1. The molecule has 0 saturated heterocycles. The van der Waals surface area contributed by atoms with Crippen LogP contribution in [0.5, 0.6) is 0 Å². The molecule has 0 aromatic carbocycles. The SMILES string of the molecule is Cc1cnc(CCC(=O)Nc2nnc(C(C)(C)C)s2)[nH]1. The molecule has 2 aromatic rings. The topological polar surface area (TPSA) is 83.6 Å². The van der Waals surface area contributed by atoms with Crippen LogP contribution in [0.25, 0.3) is 0 Å². The molecule has 108 valence electrons. The fraction of sp³-hybridized carbons (Fsp3) is 0.538. The van der Waals surface area contributed by atoms with E-state index in [4.69, 9.17) is 0 Å². The Hall–Kier alpha value is -1.76. The summed E-state index contributed by atoms with van der Waals surface area (Å²) in [6.45, 7) is 8.14. The normalized spacial score (nSPS) is 11.6. The molecule has 7 heteroatoms. The van der Waals surface area contributed by atoms with Crippen molar-refractivity contribution in [1.82, 2.24) is 20.2 Å². The van der Waals surface area contributed by atoms with Crippen molar-refractivity contribution in [3.05, 3.63) is 22.7 Å². The van der Waals surface area contributed by atoms with Gasteiger partial charge >= 0.3 is 0 Å². The molecule has 2 N–H and O–H groups in total. The molecule has 6 nitrogen and oxygen atoms in total. The Labute approximate surface area is 122 Å². The minimum Gasteiger partial charge on any atom is -0.346 e. The van der Waals surface area contributed by atoms with Gasteiger partial charge < -0.3 is 10.3 Å². The summed E-state index contributed by atoms with van der Waals surface area (Å²) < 4.78 is 0. The van der Waals surface area contributed by atoms with Gasteiger partial charge in [0, 0.05) is 30.1 Å². The minimum atomic E-state index is -0.0735. The summed E-state index contributed by atoms with van der Waals surface area (Å²) in [7, 11) is 0. The molecule has 0 aliphatic heterocycles. The van der Waals surface area contributed by atoms with Gasteiger partial charge in [0.15, 0.2) is 0 Å². The molecule has 0 aliphatic rings. The van der Waals surface area contributed by atoms with Gasteiger partial charge in [0.1, 0.15) is 10.8 Å². The summed E-state index contributed by atoms with van der Waals surface area (Å²) in [6, 6.07) is 0. The zero-order chi connectivity index (χ0) is 14.8. The zero-order valence-electron chi connectivity index (χ0n) is 12.1. The van der Waals surface area contributed by atoms with Gasteiger partial charge in [0.2, 0.25) is 11.0 Å². The summed E-state index contributed by atoms with van der Waals surface area (Å²) in [4.78, 5) is 19.1. The largest absolute Gasteiger partial charge is 0.346 e. The first-order valence-electron chi connectivity index (χ1n) is 6.49. The maximum absolute atomic E-state index is 11.8. The smallest absolute Gasteiger partial charge is 0.226 e. The Morgan fingerprint density at radius 2 is 2.15 bits per heavy atom. The van der Waals surface area contributed by atoms with E-state index in [1.165, 1.54) is 11.3 Å². The summed E-state index contributed by atoms with van der Waals surface area (Å²) in [6.07, 6.45) is 2.72. The highest BCUT2D eigenvalue weighted by Crippen LogP contribution is 2.27. The lowest BCUT2D eigenvalue weighted by Gasteiger charge is -2.12. The number of rotatable bonds is 4. The highest BCUT2D eigenvalue weighted by atomic mass is 32.1. The molecular weight excluding hydrogens is 274 g/mol. The standard InChI is InChI=1S/C13H19N5OS/c1-8-7-14-9(15-8)5-6-10(19)16-12-18-17-11(20-12)13(2,3)4/h7H,5-6H2,1-4H3,(H,14,15)(H,16,18,19). The lowest BCUT2D eigenvalue weighted by molar-refractivity contribution is -0.116. The van der Waals surface area contributed by atoms with Crippen molar-refractivity contribution in [3.8, 4) is 0 Å². The molecule has 0 unspecified atom stereocenters. The fourth-order valence-electron chi connectivity index (χ4n) is 1.58. The molecular formula is C13H19N5OS. The van der Waals surface area contributed by atoms with Crippen molar-refractivity contribution in [3.63, 3.8) is 0 Å². The van der Waals surface area contributed by atoms with Crippen LogP contribution in [0.4, 0.5) is 5.13 Å². The van der Waals surface area contributed by atoms with Crippen LogP contribution >= 0.6 is 11.3 Å². The van der Waals surface area contributed by atoms with E-state index in [-0.39, 0.29) is 11.3 Å². The number of aromatic amines is 1. The van der Waals surface area contributed by atoms with Crippen molar-refractivity contribution in [1.29, 1.82) is 0 Å². The van der Waals surface area contributed by atoms with Crippen LogP contribution in [-0.4, -0.2) is 26.1 Å². The van der Waals surface area contributed by atoms with E-state index < -0.39 is 0 Å². The van der Waals surface area contributed by atoms with Gasteiger partial charge in [-0.3, -0.25) is 4.79 Å². The molecule has 2 heterocycles. The van der Waals surface area contributed by atoms with Crippen LogP contribution in [0.1, 0.15) is 43.7 Å². The van der Waals surface area contributed by atoms with E-state index in [2.05, 4.69) is 46.3 Å². The molecule has 2 aromatic heterocycles. The Morgan fingerprint density at radius 3 is 2.70 bits per heavy atom. The molecule has 0 radical (unpaired) electrons. The van der Waals surface area contributed by atoms with Crippen LogP contribution in [0, 0.1) is 6.92 Å². The predicted molar refractivity (Wildman–Crippen MR) is 78.9 cm³/mol. The Morgan fingerprint density at radius 1 is 1.40 bits per heavy atom. The number of nitrogens with zero attached hydrogens (tertiary/aromatic N) is 3. The number of imidazole rings is 1. The van der Waals surface area contributed by atoms with Gasteiger partial charge in [-0.05, 0) is 6.92 Å². The van der Waals surface area contributed by atoms with Crippen molar-refractivity contribution in [2.24, 2.45) is 0 Å². The lowest BCUT2D eigenvalue weighted by atomic mass is 9.98. The summed E-state index contributed by atoms with van der Waals surface area (Å²) in [5.41, 5.74) is 0.950. The van der Waals surface area contributed by atoms with Crippen LogP contribution < -0.4 is 5.32 Å². The van der Waals surface area contributed by atoms with E-state index >= 15 is 0 Å². The van der Waals surface area contributed by atoms with Crippen LogP contribution in [-0.2, 0) is 16.6 Å². The molecule has 0 fully saturated rings. The minimum absolute atomic E-state index is 0.0493. The second-order valence-electron chi connectivity index (χ2n) is 5.72. The third-order valence-corrected chi connectivity index (χ3v) is 3.92. The number of H-pyrrole nitrogens is 1. The lowest BCUT2D eigenvalue weighted by Crippen LogP contribution is -2.12.